The Bertz CT molecular complexity index is 824. The van der Waals surface area contributed by atoms with Gasteiger partial charge in [0, 0.05) is 18.5 Å². The van der Waals surface area contributed by atoms with Crippen LogP contribution in [-0.4, -0.2) is 38.0 Å². The van der Waals surface area contributed by atoms with Crippen LogP contribution in [0.2, 0.25) is 0 Å². The first kappa shape index (κ1) is 13.8. The van der Waals surface area contributed by atoms with Gasteiger partial charge in [0.2, 0.25) is 0 Å². The highest BCUT2D eigenvalue weighted by molar-refractivity contribution is 7.91. The zero-order valence-corrected chi connectivity index (χ0v) is 12.3. The maximum absolute atomic E-state index is 11.7. The zero-order valence-electron chi connectivity index (χ0n) is 11.5. The molecule has 3 rings (SSSR count). The number of sulfone groups is 1. The monoisotopic (exact) mass is 301 g/mol. The van der Waals surface area contributed by atoms with Crippen molar-refractivity contribution in [2.45, 2.75) is 6.42 Å². The predicted molar refractivity (Wildman–Crippen MR) is 81.9 cm³/mol. The van der Waals surface area contributed by atoms with Crippen LogP contribution in [0.3, 0.4) is 0 Å². The van der Waals surface area contributed by atoms with E-state index in [1.807, 2.05) is 29.2 Å². The van der Waals surface area contributed by atoms with Crippen molar-refractivity contribution >= 4 is 26.6 Å². The molecule has 0 radical (unpaired) electrons. The van der Waals surface area contributed by atoms with E-state index in [1.54, 1.807) is 6.07 Å². The summed E-state index contributed by atoms with van der Waals surface area (Å²) >= 11 is 0. The SMILES string of the molecule is N#Cc1cc(N2CCCS(=O)(=O)CC2)nc2ccccc12. The third-order valence-electron chi connectivity index (χ3n) is 3.70. The van der Waals surface area contributed by atoms with Crippen LogP contribution in [0.4, 0.5) is 5.82 Å². The van der Waals surface area contributed by atoms with E-state index in [1.165, 1.54) is 0 Å². The predicted octanol–water partition coefficient (Wildman–Crippen LogP) is 1.73. The molecule has 21 heavy (non-hydrogen) atoms. The van der Waals surface area contributed by atoms with Gasteiger partial charge in [0.05, 0.1) is 28.7 Å². The number of anilines is 1. The first-order chi connectivity index (χ1) is 10.1. The van der Waals surface area contributed by atoms with Gasteiger partial charge in [0.25, 0.3) is 0 Å². The lowest BCUT2D eigenvalue weighted by atomic mass is 10.1. The number of nitrogens with zero attached hydrogens (tertiary/aromatic N) is 3. The number of pyridine rings is 1. The van der Waals surface area contributed by atoms with Gasteiger partial charge < -0.3 is 4.90 Å². The van der Waals surface area contributed by atoms with Gasteiger partial charge in [-0.1, -0.05) is 18.2 Å². The van der Waals surface area contributed by atoms with E-state index in [9.17, 15) is 13.7 Å². The summed E-state index contributed by atoms with van der Waals surface area (Å²) in [5.41, 5.74) is 1.33. The summed E-state index contributed by atoms with van der Waals surface area (Å²) in [5, 5.41) is 10.1. The summed E-state index contributed by atoms with van der Waals surface area (Å²) in [6.07, 6.45) is 0.596. The van der Waals surface area contributed by atoms with Crippen LogP contribution in [0.1, 0.15) is 12.0 Å². The van der Waals surface area contributed by atoms with Gasteiger partial charge in [0.1, 0.15) is 5.82 Å². The summed E-state index contributed by atoms with van der Waals surface area (Å²) in [7, 11) is -2.95. The van der Waals surface area contributed by atoms with Gasteiger partial charge in [-0.2, -0.15) is 5.26 Å². The Morgan fingerprint density at radius 2 is 2.00 bits per heavy atom. The second kappa shape index (κ2) is 5.34. The minimum atomic E-state index is -2.95. The first-order valence-corrected chi connectivity index (χ1v) is 8.66. The number of benzene rings is 1. The number of aromatic nitrogens is 1. The molecule has 1 fully saturated rings. The Hall–Kier alpha value is -2.13. The molecule has 0 unspecified atom stereocenters. The van der Waals surface area contributed by atoms with Gasteiger partial charge in [-0.3, -0.25) is 0 Å². The van der Waals surface area contributed by atoms with E-state index in [0.29, 0.717) is 30.9 Å². The fraction of sp³-hybridized carbons (Fsp3) is 0.333. The molecule has 1 aliphatic rings. The standard InChI is InChI=1S/C15H15N3O2S/c16-11-12-10-15(17-14-5-2-1-4-13(12)14)18-6-3-8-21(19,20)9-7-18/h1-2,4-5,10H,3,6-9H2. The highest BCUT2D eigenvalue weighted by Crippen LogP contribution is 2.23. The highest BCUT2D eigenvalue weighted by atomic mass is 32.2. The summed E-state index contributed by atoms with van der Waals surface area (Å²) < 4.78 is 23.4. The molecule has 0 aliphatic carbocycles. The van der Waals surface area contributed by atoms with Gasteiger partial charge >= 0.3 is 0 Å². The molecule has 0 atom stereocenters. The van der Waals surface area contributed by atoms with Crippen LogP contribution >= 0.6 is 0 Å². The van der Waals surface area contributed by atoms with E-state index in [-0.39, 0.29) is 11.5 Å². The summed E-state index contributed by atoms with van der Waals surface area (Å²) in [6, 6.07) is 11.4. The summed E-state index contributed by atoms with van der Waals surface area (Å²) in [5.74, 6) is 1.05. The Labute approximate surface area is 123 Å². The minimum Gasteiger partial charge on any atom is -0.356 e. The van der Waals surface area contributed by atoms with Crippen molar-refractivity contribution in [1.82, 2.24) is 4.98 Å². The van der Waals surface area contributed by atoms with Crippen LogP contribution in [0.5, 0.6) is 0 Å². The van der Waals surface area contributed by atoms with Crippen molar-refractivity contribution in [3.8, 4) is 6.07 Å². The van der Waals surface area contributed by atoms with Gasteiger partial charge in [-0.25, -0.2) is 13.4 Å². The van der Waals surface area contributed by atoms with Crippen molar-refractivity contribution in [1.29, 1.82) is 5.26 Å². The Morgan fingerprint density at radius 1 is 1.19 bits per heavy atom. The van der Waals surface area contributed by atoms with Gasteiger partial charge in [-0.15, -0.1) is 0 Å². The van der Waals surface area contributed by atoms with Crippen molar-refractivity contribution < 1.29 is 8.42 Å². The molecular formula is C15H15N3O2S. The molecule has 6 heteroatoms. The van der Waals surface area contributed by atoms with E-state index in [2.05, 4.69) is 11.1 Å². The Kier molecular flexibility index (Phi) is 3.52. The molecule has 0 bridgehead atoms. The molecule has 108 valence electrons. The number of rotatable bonds is 1. The fourth-order valence-corrected chi connectivity index (χ4v) is 3.86. The van der Waals surface area contributed by atoms with Crippen LogP contribution in [0, 0.1) is 11.3 Å². The number of hydrogen-bond acceptors (Lipinski definition) is 5. The number of para-hydroxylation sites is 1. The largest absolute Gasteiger partial charge is 0.356 e. The van der Waals surface area contributed by atoms with Crippen molar-refractivity contribution in [3.63, 3.8) is 0 Å². The van der Waals surface area contributed by atoms with Crippen molar-refractivity contribution in [2.75, 3.05) is 29.5 Å². The minimum absolute atomic E-state index is 0.142. The maximum Gasteiger partial charge on any atom is 0.152 e. The lowest BCUT2D eigenvalue weighted by molar-refractivity contribution is 0.597. The molecule has 0 spiro atoms. The Morgan fingerprint density at radius 3 is 2.81 bits per heavy atom. The second-order valence-corrected chi connectivity index (χ2v) is 7.45. The molecule has 1 aromatic carbocycles. The molecule has 0 amide bonds. The third-order valence-corrected chi connectivity index (χ3v) is 5.42. The molecule has 0 N–H and O–H groups in total. The quantitative estimate of drug-likeness (QED) is 0.802. The number of fused-ring (bicyclic) bond motifs is 1. The molecule has 5 nitrogen and oxygen atoms in total. The summed E-state index contributed by atoms with van der Waals surface area (Å²) in [4.78, 5) is 6.53. The van der Waals surface area contributed by atoms with E-state index in [0.717, 1.165) is 10.9 Å². The number of hydrogen-bond donors (Lipinski definition) is 0. The van der Waals surface area contributed by atoms with E-state index in [4.69, 9.17) is 0 Å². The lowest BCUT2D eigenvalue weighted by Crippen LogP contribution is -2.27. The average molecular weight is 301 g/mol. The second-order valence-electron chi connectivity index (χ2n) is 5.15. The molecular weight excluding hydrogens is 286 g/mol. The van der Waals surface area contributed by atoms with Crippen LogP contribution in [-0.2, 0) is 9.84 Å². The average Bonchev–Trinajstić information content (AvgIpc) is 2.67. The van der Waals surface area contributed by atoms with Crippen LogP contribution < -0.4 is 4.90 Å². The fourth-order valence-electron chi connectivity index (χ4n) is 2.58. The first-order valence-electron chi connectivity index (χ1n) is 6.84. The molecule has 1 saturated heterocycles. The third kappa shape index (κ3) is 2.83. The van der Waals surface area contributed by atoms with Crippen molar-refractivity contribution in [2.24, 2.45) is 0 Å². The Balaban J connectivity index is 2.03. The van der Waals surface area contributed by atoms with Crippen LogP contribution in [0.15, 0.2) is 30.3 Å². The van der Waals surface area contributed by atoms with E-state index >= 15 is 0 Å². The summed E-state index contributed by atoms with van der Waals surface area (Å²) in [6.45, 7) is 1.08. The smallest absolute Gasteiger partial charge is 0.152 e. The number of nitriles is 1. The molecule has 1 aromatic heterocycles. The normalized spacial score (nSPS) is 18.1. The molecule has 0 saturated carbocycles. The van der Waals surface area contributed by atoms with Gasteiger partial charge in [-0.05, 0) is 18.6 Å². The lowest BCUT2D eigenvalue weighted by Gasteiger charge is -2.21. The van der Waals surface area contributed by atoms with Gasteiger partial charge in [0.15, 0.2) is 9.84 Å². The highest BCUT2D eigenvalue weighted by Gasteiger charge is 2.20. The van der Waals surface area contributed by atoms with Crippen molar-refractivity contribution in [3.05, 3.63) is 35.9 Å². The maximum atomic E-state index is 11.7. The molecule has 2 aromatic rings. The van der Waals surface area contributed by atoms with Crippen LogP contribution in [0.25, 0.3) is 10.9 Å². The van der Waals surface area contributed by atoms with E-state index < -0.39 is 9.84 Å². The topological polar surface area (TPSA) is 74.1 Å². The molecule has 1 aliphatic heterocycles. The molecule has 2 heterocycles. The zero-order chi connectivity index (χ0) is 14.9.